The maximum atomic E-state index is 13.3. The zero-order valence-corrected chi connectivity index (χ0v) is 15.6. The Hall–Kier alpha value is -2.29. The lowest BCUT2D eigenvalue weighted by Crippen LogP contribution is -2.33. The van der Waals surface area contributed by atoms with Crippen molar-refractivity contribution in [3.05, 3.63) is 59.4 Å². The quantitative estimate of drug-likeness (QED) is 0.729. The first-order valence-corrected chi connectivity index (χ1v) is 10.1. The Labute approximate surface area is 157 Å². The lowest BCUT2D eigenvalue weighted by molar-refractivity contribution is 0.102. The largest absolute Gasteiger partial charge is 0.393 e. The van der Waals surface area contributed by atoms with E-state index < -0.39 is 22.0 Å². The number of carbonyl (C=O) groups is 1. The fourth-order valence-corrected chi connectivity index (χ4v) is 4.41. The van der Waals surface area contributed by atoms with Gasteiger partial charge in [-0.05, 0) is 68.1 Å². The summed E-state index contributed by atoms with van der Waals surface area (Å²) in [5.74, 6) is -0.862. The predicted molar refractivity (Wildman–Crippen MR) is 99.5 cm³/mol. The zero-order valence-electron chi connectivity index (χ0n) is 14.8. The molecule has 8 heteroatoms. The first kappa shape index (κ1) is 19.5. The van der Waals surface area contributed by atoms with E-state index in [0.29, 0.717) is 30.5 Å². The minimum atomic E-state index is -3.80. The van der Waals surface area contributed by atoms with Crippen molar-refractivity contribution in [1.82, 2.24) is 4.72 Å². The van der Waals surface area contributed by atoms with Gasteiger partial charge in [0.2, 0.25) is 10.0 Å². The summed E-state index contributed by atoms with van der Waals surface area (Å²) in [7, 11) is -3.80. The second kappa shape index (κ2) is 7.75. The minimum Gasteiger partial charge on any atom is -0.393 e. The number of hydrogen-bond donors (Lipinski definition) is 3. The maximum Gasteiger partial charge on any atom is 0.255 e. The lowest BCUT2D eigenvalue weighted by Gasteiger charge is -2.13. The van der Waals surface area contributed by atoms with Gasteiger partial charge < -0.3 is 10.4 Å². The van der Waals surface area contributed by atoms with Gasteiger partial charge in [0.05, 0.1) is 11.0 Å². The molecule has 27 heavy (non-hydrogen) atoms. The lowest BCUT2D eigenvalue weighted by atomic mass is 10.2. The van der Waals surface area contributed by atoms with E-state index in [2.05, 4.69) is 10.0 Å². The van der Waals surface area contributed by atoms with Gasteiger partial charge in [0.15, 0.2) is 0 Å². The maximum absolute atomic E-state index is 13.3. The number of aliphatic hydroxyl groups excluding tert-OH is 1. The standard InChI is InChI=1S/C19H21FN2O4S/c1-12-9-14(6-8-18(12)20)21-19(24)13-3-2-4-17(10-13)27(25,26)22-15-5-7-16(23)11-15/h2-4,6,8-10,15-16,22-23H,5,7,11H2,1H3,(H,21,24)/t15-,16+/m1/s1. The van der Waals surface area contributed by atoms with Gasteiger partial charge in [-0.15, -0.1) is 0 Å². The van der Waals surface area contributed by atoms with Gasteiger partial charge >= 0.3 is 0 Å². The number of nitrogens with one attached hydrogen (secondary N) is 2. The molecule has 1 amide bonds. The van der Waals surface area contributed by atoms with Crippen LogP contribution in [0.25, 0.3) is 0 Å². The van der Waals surface area contributed by atoms with Crippen molar-refractivity contribution in [2.45, 2.75) is 43.2 Å². The molecule has 3 N–H and O–H groups in total. The number of hydrogen-bond acceptors (Lipinski definition) is 4. The number of aryl methyl sites for hydroxylation is 1. The molecular weight excluding hydrogens is 371 g/mol. The summed E-state index contributed by atoms with van der Waals surface area (Å²) in [5.41, 5.74) is 0.989. The normalized spacial score (nSPS) is 19.8. The Balaban J connectivity index is 1.76. The molecule has 0 heterocycles. The van der Waals surface area contributed by atoms with Crippen LogP contribution in [0.3, 0.4) is 0 Å². The number of amides is 1. The summed E-state index contributed by atoms with van der Waals surface area (Å²) in [6, 6.07) is 9.57. The summed E-state index contributed by atoms with van der Waals surface area (Å²) in [6.07, 6.45) is 1.02. The van der Waals surface area contributed by atoms with Crippen LogP contribution in [0.15, 0.2) is 47.4 Å². The summed E-state index contributed by atoms with van der Waals surface area (Å²) >= 11 is 0. The van der Waals surface area contributed by atoms with Crippen LogP contribution in [0.1, 0.15) is 35.2 Å². The molecule has 0 radical (unpaired) electrons. The fourth-order valence-electron chi connectivity index (χ4n) is 3.08. The van der Waals surface area contributed by atoms with Crippen molar-refractivity contribution in [3.8, 4) is 0 Å². The Kier molecular flexibility index (Phi) is 5.59. The molecule has 0 bridgehead atoms. The second-order valence-corrected chi connectivity index (χ2v) is 8.44. The Bertz CT molecular complexity index is 962. The number of halogens is 1. The zero-order chi connectivity index (χ0) is 19.6. The van der Waals surface area contributed by atoms with Gasteiger partial charge in [0.25, 0.3) is 5.91 Å². The van der Waals surface area contributed by atoms with E-state index in [9.17, 15) is 22.7 Å². The average Bonchev–Trinajstić information content (AvgIpc) is 3.02. The third-order valence-corrected chi connectivity index (χ3v) is 6.07. The minimum absolute atomic E-state index is 0.0215. The van der Waals surface area contributed by atoms with E-state index in [1.54, 1.807) is 6.92 Å². The summed E-state index contributed by atoms with van der Waals surface area (Å²) < 4.78 is 41.0. The summed E-state index contributed by atoms with van der Waals surface area (Å²) in [6.45, 7) is 1.59. The molecule has 1 aliphatic carbocycles. The number of carbonyl (C=O) groups excluding carboxylic acids is 1. The molecule has 0 saturated heterocycles. The van der Waals surface area contributed by atoms with E-state index in [1.807, 2.05) is 0 Å². The average molecular weight is 392 g/mol. The molecule has 1 aliphatic rings. The topological polar surface area (TPSA) is 95.5 Å². The highest BCUT2D eigenvalue weighted by atomic mass is 32.2. The highest BCUT2D eigenvalue weighted by molar-refractivity contribution is 7.89. The molecule has 0 unspecified atom stereocenters. The van der Waals surface area contributed by atoms with Crippen LogP contribution >= 0.6 is 0 Å². The van der Waals surface area contributed by atoms with Crippen LogP contribution in [-0.2, 0) is 10.0 Å². The van der Waals surface area contributed by atoms with Crippen LogP contribution in [0.2, 0.25) is 0 Å². The fraction of sp³-hybridized carbons (Fsp3) is 0.316. The first-order valence-electron chi connectivity index (χ1n) is 8.62. The van der Waals surface area contributed by atoms with Crippen molar-refractivity contribution in [2.24, 2.45) is 0 Å². The molecule has 2 aromatic carbocycles. The van der Waals surface area contributed by atoms with Gasteiger partial charge in [0.1, 0.15) is 5.82 Å². The smallest absolute Gasteiger partial charge is 0.255 e. The van der Waals surface area contributed by atoms with E-state index in [0.717, 1.165) is 0 Å². The van der Waals surface area contributed by atoms with Crippen LogP contribution in [-0.4, -0.2) is 31.6 Å². The highest BCUT2D eigenvalue weighted by Crippen LogP contribution is 2.22. The molecule has 144 valence electrons. The van der Waals surface area contributed by atoms with Crippen molar-refractivity contribution in [1.29, 1.82) is 0 Å². The van der Waals surface area contributed by atoms with Crippen molar-refractivity contribution in [3.63, 3.8) is 0 Å². The molecular formula is C19H21FN2O4S. The van der Waals surface area contributed by atoms with E-state index >= 15 is 0 Å². The van der Waals surface area contributed by atoms with E-state index in [1.165, 1.54) is 42.5 Å². The van der Waals surface area contributed by atoms with E-state index in [-0.39, 0.29) is 22.3 Å². The van der Waals surface area contributed by atoms with Gasteiger partial charge in [0, 0.05) is 17.3 Å². The van der Waals surface area contributed by atoms with Crippen LogP contribution in [0.5, 0.6) is 0 Å². The molecule has 1 fully saturated rings. The van der Waals surface area contributed by atoms with Gasteiger partial charge in [-0.25, -0.2) is 17.5 Å². The Morgan fingerprint density at radius 3 is 2.63 bits per heavy atom. The van der Waals surface area contributed by atoms with Gasteiger partial charge in [-0.3, -0.25) is 4.79 Å². The molecule has 0 aliphatic heterocycles. The number of rotatable bonds is 5. The molecule has 6 nitrogen and oxygen atoms in total. The predicted octanol–water partition coefficient (Wildman–Crippen LogP) is 2.58. The van der Waals surface area contributed by atoms with Crippen LogP contribution in [0, 0.1) is 12.7 Å². The van der Waals surface area contributed by atoms with Crippen LogP contribution < -0.4 is 10.0 Å². The monoisotopic (exact) mass is 392 g/mol. The number of benzene rings is 2. The summed E-state index contributed by atoms with van der Waals surface area (Å²) in [4.78, 5) is 12.4. The Morgan fingerprint density at radius 1 is 1.19 bits per heavy atom. The molecule has 2 aromatic rings. The molecule has 0 spiro atoms. The van der Waals surface area contributed by atoms with E-state index in [4.69, 9.17) is 0 Å². The van der Waals surface area contributed by atoms with Gasteiger partial charge in [-0.2, -0.15) is 0 Å². The molecule has 0 aromatic heterocycles. The van der Waals surface area contributed by atoms with Crippen molar-refractivity contribution in [2.75, 3.05) is 5.32 Å². The molecule has 2 atom stereocenters. The Morgan fingerprint density at radius 2 is 1.96 bits per heavy atom. The SMILES string of the molecule is Cc1cc(NC(=O)c2cccc(S(=O)(=O)N[C@@H]3CC[C@H](O)C3)c2)ccc1F. The molecule has 3 rings (SSSR count). The van der Waals surface area contributed by atoms with Crippen LogP contribution in [0.4, 0.5) is 10.1 Å². The summed E-state index contributed by atoms with van der Waals surface area (Å²) in [5, 5.41) is 12.2. The number of anilines is 1. The number of sulfonamides is 1. The first-order chi connectivity index (χ1) is 12.7. The van der Waals surface area contributed by atoms with Crippen molar-refractivity contribution < 1.29 is 22.7 Å². The highest BCUT2D eigenvalue weighted by Gasteiger charge is 2.27. The number of aliphatic hydroxyl groups is 1. The second-order valence-electron chi connectivity index (χ2n) is 6.73. The third kappa shape index (κ3) is 4.71. The van der Waals surface area contributed by atoms with Crippen molar-refractivity contribution >= 4 is 21.6 Å². The van der Waals surface area contributed by atoms with Gasteiger partial charge in [-0.1, -0.05) is 6.07 Å². The molecule has 1 saturated carbocycles. The third-order valence-electron chi connectivity index (χ3n) is 4.55.